The number of benzene rings is 2. The molecule has 2 aromatic carbocycles. The smallest absolute Gasteiger partial charge is 0.279 e. The summed E-state index contributed by atoms with van der Waals surface area (Å²) in [7, 11) is 0. The summed E-state index contributed by atoms with van der Waals surface area (Å²) in [6, 6.07) is 11.6. The van der Waals surface area contributed by atoms with Crippen molar-refractivity contribution in [2.45, 2.75) is 32.2 Å². The van der Waals surface area contributed by atoms with Crippen LogP contribution < -0.4 is 15.5 Å². The van der Waals surface area contributed by atoms with E-state index in [4.69, 9.17) is 0 Å². The van der Waals surface area contributed by atoms with Crippen molar-refractivity contribution in [3.05, 3.63) is 59.7 Å². The monoisotopic (exact) mass is 374 g/mol. The Bertz CT molecular complexity index is 773. The average Bonchev–Trinajstić information content (AvgIpc) is 2.69. The third-order valence-corrected chi connectivity index (χ3v) is 5.00. The number of nitrogens with zero attached hydrogens (tertiary/aromatic N) is 1. The maximum absolute atomic E-state index is 13.3. The normalized spacial score (nSPS) is 15.4. The summed E-state index contributed by atoms with van der Waals surface area (Å²) in [4.78, 5) is 14.5. The van der Waals surface area contributed by atoms with Gasteiger partial charge in [0.25, 0.3) is 5.91 Å². The highest BCUT2D eigenvalue weighted by molar-refractivity contribution is 5.91. The van der Waals surface area contributed by atoms with Gasteiger partial charge in [-0.2, -0.15) is 0 Å². The van der Waals surface area contributed by atoms with Gasteiger partial charge in [0.05, 0.1) is 0 Å². The molecule has 144 valence electrons. The molecular weight excluding hydrogens is 348 g/mol. The van der Waals surface area contributed by atoms with Gasteiger partial charge in [0.2, 0.25) is 0 Å². The molecule has 0 bridgehead atoms. The molecule has 0 spiro atoms. The van der Waals surface area contributed by atoms with Gasteiger partial charge >= 0.3 is 0 Å². The largest absolute Gasteiger partial charge is 0.372 e. The van der Waals surface area contributed by atoms with Gasteiger partial charge in [0.1, 0.15) is 6.04 Å². The fourth-order valence-electron chi connectivity index (χ4n) is 3.34. The summed E-state index contributed by atoms with van der Waals surface area (Å²) in [5.41, 5.74) is 2.59. The number of hydrogen-bond acceptors (Lipinski definition) is 2. The predicted octanol–water partition coefficient (Wildman–Crippen LogP) is 3.22. The van der Waals surface area contributed by atoms with Crippen LogP contribution in [0.3, 0.4) is 0 Å². The average molecular weight is 374 g/mol. The highest BCUT2D eigenvalue weighted by atomic mass is 19.2. The van der Waals surface area contributed by atoms with Crippen molar-refractivity contribution < 1.29 is 18.9 Å². The van der Waals surface area contributed by atoms with E-state index in [2.05, 4.69) is 10.2 Å². The van der Waals surface area contributed by atoms with Gasteiger partial charge in [-0.05, 0) is 68.7 Å². The number of piperidine rings is 1. The Balaban J connectivity index is 1.49. The topological polar surface area (TPSA) is 49.0 Å². The second-order valence-electron chi connectivity index (χ2n) is 7.04. The molecule has 1 atom stereocenters. The summed E-state index contributed by atoms with van der Waals surface area (Å²) in [5.74, 6) is -1.86. The molecule has 0 saturated carbocycles. The number of anilines is 2. The first-order chi connectivity index (χ1) is 13.0. The molecule has 1 saturated heterocycles. The van der Waals surface area contributed by atoms with Crippen LogP contribution >= 0.6 is 0 Å². The number of amides is 1. The lowest BCUT2D eigenvalue weighted by molar-refractivity contribution is -0.682. The minimum Gasteiger partial charge on any atom is -0.372 e. The van der Waals surface area contributed by atoms with Crippen LogP contribution in [-0.2, 0) is 4.79 Å². The van der Waals surface area contributed by atoms with E-state index in [0.717, 1.165) is 24.8 Å². The van der Waals surface area contributed by atoms with Crippen molar-refractivity contribution in [1.29, 1.82) is 0 Å². The molecular formula is C21H26F2N3O+. The van der Waals surface area contributed by atoms with E-state index >= 15 is 0 Å². The number of carbonyl (C=O) groups is 1. The van der Waals surface area contributed by atoms with E-state index in [1.807, 2.05) is 31.2 Å². The zero-order valence-corrected chi connectivity index (χ0v) is 15.6. The quantitative estimate of drug-likeness (QED) is 0.816. The van der Waals surface area contributed by atoms with Crippen molar-refractivity contribution in [3.8, 4) is 0 Å². The highest BCUT2D eigenvalue weighted by Crippen LogP contribution is 2.21. The lowest BCUT2D eigenvalue weighted by Gasteiger charge is -2.28. The summed E-state index contributed by atoms with van der Waals surface area (Å²) in [6.45, 7) is 4.23. The van der Waals surface area contributed by atoms with E-state index in [-0.39, 0.29) is 18.5 Å². The minimum atomic E-state index is -0.869. The molecule has 4 nitrogen and oxygen atoms in total. The molecule has 3 rings (SSSR count). The summed E-state index contributed by atoms with van der Waals surface area (Å²) < 4.78 is 26.3. The van der Waals surface area contributed by atoms with Crippen LogP contribution in [0.4, 0.5) is 20.2 Å². The Morgan fingerprint density at radius 1 is 1.07 bits per heavy atom. The Morgan fingerprint density at radius 2 is 1.78 bits per heavy atom. The number of rotatable bonds is 6. The molecule has 1 heterocycles. The van der Waals surface area contributed by atoms with Gasteiger partial charge in [-0.3, -0.25) is 4.79 Å². The number of quaternary nitrogens is 1. The fraction of sp³-hybridized carbons (Fsp3) is 0.381. The van der Waals surface area contributed by atoms with Crippen LogP contribution in [0.1, 0.15) is 37.8 Å². The minimum absolute atomic E-state index is 0.129. The molecule has 1 amide bonds. The number of nitrogens with two attached hydrogens (primary N) is 1. The van der Waals surface area contributed by atoms with Gasteiger partial charge in [-0.1, -0.05) is 0 Å². The van der Waals surface area contributed by atoms with E-state index in [1.165, 1.54) is 37.1 Å². The van der Waals surface area contributed by atoms with E-state index in [9.17, 15) is 13.6 Å². The Hall–Kier alpha value is -2.47. The molecule has 0 radical (unpaired) electrons. The van der Waals surface area contributed by atoms with E-state index in [1.54, 1.807) is 5.32 Å². The standard InChI is InChI=1S/C21H25F2N3O/c1-15(16-5-10-19(22)20(23)13-16)24-14-21(27)25-17-6-8-18(9-7-17)26-11-3-2-4-12-26/h5-10,13,15,24H,2-4,11-12,14H2,1H3,(H,25,27)/p+1/t15-/m0/s1. The van der Waals surface area contributed by atoms with Gasteiger partial charge in [-0.25, -0.2) is 8.78 Å². The van der Waals surface area contributed by atoms with E-state index in [0.29, 0.717) is 5.56 Å². The van der Waals surface area contributed by atoms with Crippen LogP contribution in [0, 0.1) is 11.6 Å². The van der Waals surface area contributed by atoms with Crippen molar-refractivity contribution in [2.75, 3.05) is 29.9 Å². The zero-order valence-electron chi connectivity index (χ0n) is 15.6. The third kappa shape index (κ3) is 5.26. The third-order valence-electron chi connectivity index (χ3n) is 5.00. The van der Waals surface area contributed by atoms with Crippen LogP contribution in [0.15, 0.2) is 42.5 Å². The summed E-state index contributed by atoms with van der Waals surface area (Å²) in [6.07, 6.45) is 3.75. The number of hydrogen-bond donors (Lipinski definition) is 2. The first kappa shape index (κ1) is 19.3. The Morgan fingerprint density at radius 3 is 2.44 bits per heavy atom. The Kier molecular flexibility index (Phi) is 6.40. The molecule has 0 unspecified atom stereocenters. The number of carbonyl (C=O) groups excluding carboxylic acids is 1. The summed E-state index contributed by atoms with van der Waals surface area (Å²) in [5, 5.41) is 4.67. The van der Waals surface area contributed by atoms with Gasteiger partial charge in [0, 0.05) is 30.0 Å². The molecule has 27 heavy (non-hydrogen) atoms. The second kappa shape index (κ2) is 8.95. The van der Waals surface area contributed by atoms with Crippen molar-refractivity contribution in [2.24, 2.45) is 0 Å². The SMILES string of the molecule is C[C@H]([NH2+]CC(=O)Nc1ccc(N2CCCCC2)cc1)c1ccc(F)c(F)c1. The van der Waals surface area contributed by atoms with Crippen molar-refractivity contribution in [3.63, 3.8) is 0 Å². The van der Waals surface area contributed by atoms with Gasteiger partial charge in [-0.15, -0.1) is 0 Å². The highest BCUT2D eigenvalue weighted by Gasteiger charge is 2.14. The number of halogens is 2. The fourth-order valence-corrected chi connectivity index (χ4v) is 3.34. The van der Waals surface area contributed by atoms with Crippen LogP contribution in [0.2, 0.25) is 0 Å². The van der Waals surface area contributed by atoms with Crippen molar-refractivity contribution >= 4 is 17.3 Å². The second-order valence-corrected chi connectivity index (χ2v) is 7.04. The van der Waals surface area contributed by atoms with Crippen LogP contribution in [-0.4, -0.2) is 25.5 Å². The molecule has 1 fully saturated rings. The molecule has 0 aliphatic carbocycles. The number of nitrogens with one attached hydrogen (secondary N) is 1. The molecule has 2 aromatic rings. The molecule has 1 aliphatic heterocycles. The lowest BCUT2D eigenvalue weighted by atomic mass is 10.1. The van der Waals surface area contributed by atoms with Crippen LogP contribution in [0.25, 0.3) is 0 Å². The molecule has 6 heteroatoms. The maximum atomic E-state index is 13.3. The van der Waals surface area contributed by atoms with Crippen molar-refractivity contribution in [1.82, 2.24) is 0 Å². The first-order valence-electron chi connectivity index (χ1n) is 9.46. The van der Waals surface area contributed by atoms with E-state index < -0.39 is 11.6 Å². The molecule has 1 aliphatic rings. The summed E-state index contributed by atoms with van der Waals surface area (Å²) >= 11 is 0. The maximum Gasteiger partial charge on any atom is 0.279 e. The first-order valence-corrected chi connectivity index (χ1v) is 9.46. The molecule has 0 aromatic heterocycles. The van der Waals surface area contributed by atoms with Gasteiger partial charge < -0.3 is 15.5 Å². The molecule has 3 N–H and O–H groups in total. The Labute approximate surface area is 158 Å². The van der Waals surface area contributed by atoms with Crippen LogP contribution in [0.5, 0.6) is 0 Å². The predicted molar refractivity (Wildman–Crippen MR) is 103 cm³/mol. The zero-order chi connectivity index (χ0) is 19.2. The van der Waals surface area contributed by atoms with Gasteiger partial charge in [0.15, 0.2) is 18.2 Å². The lowest BCUT2D eigenvalue weighted by Crippen LogP contribution is -2.86.